The summed E-state index contributed by atoms with van der Waals surface area (Å²) in [6, 6.07) is 8.26. The van der Waals surface area contributed by atoms with Crippen LogP contribution in [0.15, 0.2) is 59.3 Å². The Hall–Kier alpha value is -3.09. The number of aliphatic hydroxyl groups is 1. The van der Waals surface area contributed by atoms with E-state index in [1.165, 1.54) is 31.3 Å². The smallest absolute Gasteiger partial charge is 0.459 e. The fraction of sp³-hybridized carbons (Fsp3) is 0.409. The molecular weight excluding hydrogens is 498 g/mol. The van der Waals surface area contributed by atoms with Crippen LogP contribution < -0.4 is 21.0 Å². The molecule has 36 heavy (non-hydrogen) atoms. The SMILES string of the molecule is CC(C)OC(=O)C(C)NP(=O)(OCC1OC(n2ccc(N)nc2=O)C(=CF)C1O)Oc1ccccc1. The number of nitrogens with two attached hydrogens (primary N) is 1. The molecular formula is C22H28FN4O8P. The lowest BCUT2D eigenvalue weighted by molar-refractivity contribution is -0.149. The summed E-state index contributed by atoms with van der Waals surface area (Å²) in [7, 11) is -4.26. The van der Waals surface area contributed by atoms with Gasteiger partial charge in [-0.05, 0) is 39.0 Å². The summed E-state index contributed by atoms with van der Waals surface area (Å²) in [6.07, 6.45) is -3.22. The Morgan fingerprint density at radius 3 is 2.64 bits per heavy atom. The molecule has 5 unspecified atom stereocenters. The molecule has 1 aromatic carbocycles. The Balaban J connectivity index is 1.79. The normalized spacial score (nSPS) is 23.4. The van der Waals surface area contributed by atoms with Gasteiger partial charge in [-0.15, -0.1) is 0 Å². The largest absolute Gasteiger partial charge is 0.462 e. The third kappa shape index (κ3) is 6.77. The molecule has 0 amide bonds. The molecule has 14 heteroatoms. The van der Waals surface area contributed by atoms with Crippen LogP contribution in [0.1, 0.15) is 27.0 Å². The van der Waals surface area contributed by atoms with E-state index in [0.717, 1.165) is 4.57 Å². The van der Waals surface area contributed by atoms with Gasteiger partial charge >= 0.3 is 19.4 Å². The highest BCUT2D eigenvalue weighted by molar-refractivity contribution is 7.52. The van der Waals surface area contributed by atoms with E-state index in [1.807, 2.05) is 0 Å². The van der Waals surface area contributed by atoms with Crippen LogP contribution in [0.3, 0.4) is 0 Å². The molecule has 2 heterocycles. The highest BCUT2D eigenvalue weighted by Crippen LogP contribution is 2.46. The Kier molecular flexibility index (Phi) is 8.98. The molecule has 3 rings (SSSR count). The van der Waals surface area contributed by atoms with Crippen molar-refractivity contribution in [1.29, 1.82) is 0 Å². The summed E-state index contributed by atoms with van der Waals surface area (Å²) < 4.78 is 49.9. The molecule has 0 radical (unpaired) electrons. The number of nitrogens with one attached hydrogen (secondary N) is 1. The molecule has 5 atom stereocenters. The summed E-state index contributed by atoms with van der Waals surface area (Å²) >= 11 is 0. The summed E-state index contributed by atoms with van der Waals surface area (Å²) in [5.41, 5.74) is 4.38. The topological polar surface area (TPSA) is 164 Å². The van der Waals surface area contributed by atoms with Crippen molar-refractivity contribution in [1.82, 2.24) is 14.6 Å². The summed E-state index contributed by atoms with van der Waals surface area (Å²) in [4.78, 5) is 28.0. The maximum Gasteiger partial charge on any atom is 0.459 e. The minimum Gasteiger partial charge on any atom is -0.462 e. The highest BCUT2D eigenvalue weighted by atomic mass is 31.2. The van der Waals surface area contributed by atoms with Crippen molar-refractivity contribution in [3.05, 3.63) is 65.0 Å². The number of esters is 1. The monoisotopic (exact) mass is 526 g/mol. The van der Waals surface area contributed by atoms with E-state index in [4.69, 9.17) is 24.3 Å². The van der Waals surface area contributed by atoms with E-state index in [9.17, 15) is 23.7 Å². The van der Waals surface area contributed by atoms with Gasteiger partial charge in [0.05, 0.1) is 19.0 Å². The van der Waals surface area contributed by atoms with Crippen molar-refractivity contribution in [3.63, 3.8) is 0 Å². The average Bonchev–Trinajstić information content (AvgIpc) is 3.12. The zero-order valence-electron chi connectivity index (χ0n) is 19.8. The molecule has 0 aliphatic carbocycles. The number of hydrogen-bond acceptors (Lipinski definition) is 10. The number of carbonyl (C=O) groups excluding carboxylic acids is 1. The molecule has 0 spiro atoms. The van der Waals surface area contributed by atoms with E-state index in [-0.39, 0.29) is 23.5 Å². The highest BCUT2D eigenvalue weighted by Gasteiger charge is 2.43. The zero-order valence-corrected chi connectivity index (χ0v) is 20.7. The van der Waals surface area contributed by atoms with Crippen molar-refractivity contribution in [3.8, 4) is 5.75 Å². The van der Waals surface area contributed by atoms with Gasteiger partial charge in [0.15, 0.2) is 6.23 Å². The number of rotatable bonds is 10. The van der Waals surface area contributed by atoms with Gasteiger partial charge in [0, 0.05) is 11.8 Å². The van der Waals surface area contributed by atoms with Crippen LogP contribution in [-0.2, 0) is 23.4 Å². The Bertz CT molecular complexity index is 1190. The first-order valence-electron chi connectivity index (χ1n) is 11.0. The van der Waals surface area contributed by atoms with Gasteiger partial charge in [-0.3, -0.25) is 13.9 Å². The van der Waals surface area contributed by atoms with Crippen LogP contribution in [-0.4, -0.2) is 51.6 Å². The first-order chi connectivity index (χ1) is 17.0. The van der Waals surface area contributed by atoms with E-state index in [0.29, 0.717) is 0 Å². The number of nitrogen functional groups attached to an aromatic ring is 1. The van der Waals surface area contributed by atoms with Crippen molar-refractivity contribution in [2.75, 3.05) is 12.3 Å². The molecule has 4 N–H and O–H groups in total. The molecule has 1 fully saturated rings. The summed E-state index contributed by atoms with van der Waals surface area (Å²) in [6.45, 7) is 4.17. The molecule has 0 saturated carbocycles. The summed E-state index contributed by atoms with van der Waals surface area (Å²) in [5, 5.41) is 13.1. The molecule has 196 valence electrons. The van der Waals surface area contributed by atoms with Crippen molar-refractivity contribution in [2.45, 2.75) is 51.4 Å². The number of nitrogens with zero attached hydrogens (tertiary/aromatic N) is 2. The second-order valence-corrected chi connectivity index (χ2v) is 9.85. The number of aliphatic hydroxyl groups excluding tert-OH is 1. The van der Waals surface area contributed by atoms with E-state index in [2.05, 4.69) is 10.1 Å². The Morgan fingerprint density at radius 1 is 1.33 bits per heavy atom. The number of ether oxygens (including phenoxy) is 2. The van der Waals surface area contributed by atoms with E-state index < -0.39 is 56.6 Å². The predicted octanol–water partition coefficient (Wildman–Crippen LogP) is 2.07. The van der Waals surface area contributed by atoms with E-state index in [1.54, 1.807) is 32.0 Å². The second-order valence-electron chi connectivity index (χ2n) is 8.16. The van der Waals surface area contributed by atoms with Crippen LogP contribution in [0, 0.1) is 0 Å². The number of aromatic nitrogens is 2. The predicted molar refractivity (Wildman–Crippen MR) is 126 cm³/mol. The van der Waals surface area contributed by atoms with Gasteiger partial charge in [0.25, 0.3) is 0 Å². The Morgan fingerprint density at radius 2 is 2.03 bits per heavy atom. The lowest BCUT2D eigenvalue weighted by Crippen LogP contribution is -2.37. The van der Waals surface area contributed by atoms with Gasteiger partial charge in [0.1, 0.15) is 29.8 Å². The standard InChI is InChI=1S/C22H28FN4O8P/c1-13(2)33-21(29)14(3)26-36(31,35-15-7-5-4-6-8-15)32-12-17-19(28)16(11-23)20(34-17)27-10-9-18(24)25-22(27)30/h4-11,13-14,17,19-20,28H,12H2,1-3H3,(H,26,31)(H2,24,25,30). The molecule has 1 aliphatic heterocycles. The number of halogens is 1. The molecule has 2 aromatic rings. The third-order valence-electron chi connectivity index (χ3n) is 4.95. The second kappa shape index (κ2) is 11.8. The molecule has 1 saturated heterocycles. The molecule has 0 bridgehead atoms. The minimum absolute atomic E-state index is 0.0457. The van der Waals surface area contributed by atoms with Crippen LogP contribution in [0.5, 0.6) is 5.75 Å². The van der Waals surface area contributed by atoms with Gasteiger partial charge in [-0.2, -0.15) is 10.1 Å². The first-order valence-corrected chi connectivity index (χ1v) is 12.5. The lowest BCUT2D eigenvalue weighted by Gasteiger charge is -2.25. The molecule has 12 nitrogen and oxygen atoms in total. The fourth-order valence-corrected chi connectivity index (χ4v) is 4.77. The van der Waals surface area contributed by atoms with Gasteiger partial charge < -0.3 is 24.8 Å². The van der Waals surface area contributed by atoms with Crippen molar-refractivity contribution >= 4 is 19.5 Å². The van der Waals surface area contributed by atoms with Gasteiger partial charge in [-0.25, -0.2) is 13.8 Å². The number of para-hydroxylation sites is 1. The zero-order chi connectivity index (χ0) is 26.5. The quantitative estimate of drug-likeness (QED) is 0.307. The summed E-state index contributed by atoms with van der Waals surface area (Å²) in [5.74, 6) is -0.566. The first kappa shape index (κ1) is 27.5. The average molecular weight is 526 g/mol. The lowest BCUT2D eigenvalue weighted by atomic mass is 10.1. The van der Waals surface area contributed by atoms with Crippen LogP contribution in [0.25, 0.3) is 0 Å². The third-order valence-corrected chi connectivity index (χ3v) is 6.59. The van der Waals surface area contributed by atoms with E-state index >= 15 is 0 Å². The number of hydrogen-bond donors (Lipinski definition) is 3. The van der Waals surface area contributed by atoms with Crippen molar-refractivity contribution < 1.29 is 37.4 Å². The maximum atomic E-state index is 13.6. The molecule has 1 aromatic heterocycles. The van der Waals surface area contributed by atoms with Crippen LogP contribution >= 0.6 is 7.75 Å². The number of benzene rings is 1. The van der Waals surface area contributed by atoms with Gasteiger partial charge in [-0.1, -0.05) is 18.2 Å². The van der Waals surface area contributed by atoms with Crippen molar-refractivity contribution in [2.24, 2.45) is 0 Å². The fourth-order valence-electron chi connectivity index (χ4n) is 3.26. The van der Waals surface area contributed by atoms with Crippen LogP contribution in [0.4, 0.5) is 10.2 Å². The maximum absolute atomic E-state index is 13.6. The minimum atomic E-state index is -4.26. The number of carbonyl (C=O) groups is 1. The number of anilines is 1. The van der Waals surface area contributed by atoms with Gasteiger partial charge in [0.2, 0.25) is 0 Å². The molecule has 1 aliphatic rings. The Labute approximate surface area is 206 Å². The van der Waals surface area contributed by atoms with Crippen LogP contribution in [0.2, 0.25) is 0 Å².